The number of anilines is 1. The first-order valence-electron chi connectivity index (χ1n) is 4.11. The molecule has 1 heterocycles. The first-order valence-corrected chi connectivity index (χ1v) is 4.11. The molecule has 70 valence electrons. The largest absolute Gasteiger partial charge is 0.451 e. The number of nitrogens with zero attached hydrogens (tertiary/aromatic N) is 1. The summed E-state index contributed by atoms with van der Waals surface area (Å²) in [5.74, 6) is -0.273. The van der Waals surface area contributed by atoms with Gasteiger partial charge in [-0.2, -0.15) is 0 Å². The van der Waals surface area contributed by atoms with Crippen LogP contribution in [-0.4, -0.2) is 10.9 Å². The Kier molecular flexibility index (Phi) is 2.27. The second-order valence-electron chi connectivity index (χ2n) is 2.69. The van der Waals surface area contributed by atoms with Crippen LogP contribution in [-0.2, 0) is 0 Å². The fourth-order valence-electron chi connectivity index (χ4n) is 1.04. The molecular formula is C10H8N2O2. The zero-order valence-corrected chi connectivity index (χ0v) is 7.31. The van der Waals surface area contributed by atoms with Crippen molar-refractivity contribution in [2.24, 2.45) is 0 Å². The lowest BCUT2D eigenvalue weighted by Gasteiger charge is -2.00. The van der Waals surface area contributed by atoms with Gasteiger partial charge in [0.05, 0.1) is 0 Å². The molecular weight excluding hydrogens is 180 g/mol. The summed E-state index contributed by atoms with van der Waals surface area (Å²) in [6, 6.07) is 9.18. The van der Waals surface area contributed by atoms with Crippen LogP contribution >= 0.6 is 0 Å². The van der Waals surface area contributed by atoms with Crippen molar-refractivity contribution in [3.63, 3.8) is 0 Å². The smallest absolute Gasteiger partial charge is 0.277 e. The minimum Gasteiger partial charge on any atom is -0.451 e. The van der Waals surface area contributed by atoms with Crippen LogP contribution in [0.2, 0.25) is 0 Å². The lowest BCUT2D eigenvalue weighted by atomic mass is 10.3. The van der Waals surface area contributed by atoms with Gasteiger partial charge in [-0.15, -0.1) is 0 Å². The standard InChI is InChI=1S/C10H8N2O2/c13-10(9-6-14-7-11-9)12-8-4-2-1-3-5-8/h1-7H,(H,12,13). The van der Waals surface area contributed by atoms with Crippen LogP contribution < -0.4 is 5.32 Å². The summed E-state index contributed by atoms with van der Waals surface area (Å²) in [5.41, 5.74) is 1.01. The Morgan fingerprint density at radius 2 is 2.07 bits per heavy atom. The highest BCUT2D eigenvalue weighted by molar-refractivity contribution is 6.02. The fraction of sp³-hybridized carbons (Fsp3) is 0. The number of aromatic nitrogens is 1. The number of carbonyl (C=O) groups is 1. The summed E-state index contributed by atoms with van der Waals surface area (Å²) in [7, 11) is 0. The molecule has 0 bridgehead atoms. The Morgan fingerprint density at radius 1 is 1.29 bits per heavy atom. The molecule has 1 aromatic carbocycles. The number of para-hydroxylation sites is 1. The summed E-state index contributed by atoms with van der Waals surface area (Å²) in [4.78, 5) is 15.2. The van der Waals surface area contributed by atoms with E-state index in [1.807, 2.05) is 18.2 Å². The van der Waals surface area contributed by atoms with Gasteiger partial charge in [-0.1, -0.05) is 18.2 Å². The topological polar surface area (TPSA) is 55.1 Å². The van der Waals surface area contributed by atoms with Gasteiger partial charge in [-0.05, 0) is 12.1 Å². The molecule has 2 rings (SSSR count). The van der Waals surface area contributed by atoms with Gasteiger partial charge in [0.25, 0.3) is 5.91 Å². The van der Waals surface area contributed by atoms with Crippen molar-refractivity contribution >= 4 is 11.6 Å². The maximum atomic E-state index is 11.4. The van der Waals surface area contributed by atoms with Crippen LogP contribution in [0, 0.1) is 0 Å². The summed E-state index contributed by atoms with van der Waals surface area (Å²) in [6.45, 7) is 0. The Hall–Kier alpha value is -2.10. The Balaban J connectivity index is 2.10. The van der Waals surface area contributed by atoms with Gasteiger partial charge >= 0.3 is 0 Å². The maximum Gasteiger partial charge on any atom is 0.277 e. The van der Waals surface area contributed by atoms with E-state index in [4.69, 9.17) is 4.42 Å². The second kappa shape index (κ2) is 3.74. The van der Waals surface area contributed by atoms with E-state index in [0.717, 1.165) is 5.69 Å². The molecule has 0 radical (unpaired) electrons. The molecule has 0 aliphatic carbocycles. The van der Waals surface area contributed by atoms with Crippen LogP contribution in [0.4, 0.5) is 5.69 Å². The minimum absolute atomic E-state index is 0.272. The van der Waals surface area contributed by atoms with Crippen molar-refractivity contribution in [2.75, 3.05) is 5.32 Å². The van der Waals surface area contributed by atoms with E-state index in [9.17, 15) is 4.79 Å². The number of carbonyl (C=O) groups excluding carboxylic acids is 1. The molecule has 0 fully saturated rings. The van der Waals surface area contributed by atoms with Crippen LogP contribution in [0.15, 0.2) is 47.4 Å². The SMILES string of the molecule is O=C(Nc1ccccc1)c1cocn1. The van der Waals surface area contributed by atoms with Gasteiger partial charge in [0.2, 0.25) is 0 Å². The van der Waals surface area contributed by atoms with E-state index < -0.39 is 0 Å². The molecule has 0 aliphatic heterocycles. The third-order valence-electron chi connectivity index (χ3n) is 1.70. The van der Waals surface area contributed by atoms with Crippen molar-refractivity contribution in [1.82, 2.24) is 4.98 Å². The molecule has 4 nitrogen and oxygen atoms in total. The predicted octanol–water partition coefficient (Wildman–Crippen LogP) is 1.93. The maximum absolute atomic E-state index is 11.4. The molecule has 0 saturated heterocycles. The van der Waals surface area contributed by atoms with E-state index in [1.54, 1.807) is 12.1 Å². The lowest BCUT2D eigenvalue weighted by molar-refractivity contribution is 0.102. The highest BCUT2D eigenvalue weighted by Gasteiger charge is 2.07. The molecule has 1 aromatic heterocycles. The average molecular weight is 188 g/mol. The number of nitrogens with one attached hydrogen (secondary N) is 1. The predicted molar refractivity (Wildman–Crippen MR) is 50.9 cm³/mol. The van der Waals surface area contributed by atoms with Gasteiger partial charge in [-0.3, -0.25) is 4.79 Å². The summed E-state index contributed by atoms with van der Waals surface area (Å²) in [6.07, 6.45) is 2.53. The quantitative estimate of drug-likeness (QED) is 0.783. The molecule has 4 heteroatoms. The normalized spacial score (nSPS) is 9.71. The highest BCUT2D eigenvalue weighted by Crippen LogP contribution is 2.06. The summed E-state index contributed by atoms with van der Waals surface area (Å²) >= 11 is 0. The molecule has 0 atom stereocenters. The average Bonchev–Trinajstić information content (AvgIpc) is 2.72. The van der Waals surface area contributed by atoms with Gasteiger partial charge in [0, 0.05) is 5.69 Å². The third kappa shape index (κ3) is 1.80. The third-order valence-corrected chi connectivity index (χ3v) is 1.70. The first-order chi connectivity index (χ1) is 6.86. The van der Waals surface area contributed by atoms with E-state index in [2.05, 4.69) is 10.3 Å². The second-order valence-corrected chi connectivity index (χ2v) is 2.69. The zero-order chi connectivity index (χ0) is 9.80. The lowest BCUT2D eigenvalue weighted by Crippen LogP contribution is -2.11. The van der Waals surface area contributed by atoms with E-state index in [-0.39, 0.29) is 11.6 Å². The number of hydrogen-bond donors (Lipinski definition) is 1. The van der Waals surface area contributed by atoms with E-state index in [0.29, 0.717) is 0 Å². The van der Waals surface area contributed by atoms with E-state index in [1.165, 1.54) is 12.7 Å². The number of rotatable bonds is 2. The molecule has 0 unspecified atom stereocenters. The first kappa shape index (κ1) is 8.50. The molecule has 1 amide bonds. The van der Waals surface area contributed by atoms with Gasteiger partial charge < -0.3 is 9.73 Å². The minimum atomic E-state index is -0.273. The molecule has 2 aromatic rings. The summed E-state index contributed by atoms with van der Waals surface area (Å²) < 4.78 is 4.70. The molecule has 0 spiro atoms. The van der Waals surface area contributed by atoms with Gasteiger partial charge in [0.1, 0.15) is 6.26 Å². The van der Waals surface area contributed by atoms with Crippen molar-refractivity contribution < 1.29 is 9.21 Å². The van der Waals surface area contributed by atoms with Crippen molar-refractivity contribution in [2.45, 2.75) is 0 Å². The Labute approximate surface area is 80.6 Å². The highest BCUT2D eigenvalue weighted by atomic mass is 16.3. The number of oxazole rings is 1. The molecule has 14 heavy (non-hydrogen) atoms. The fourth-order valence-corrected chi connectivity index (χ4v) is 1.04. The van der Waals surface area contributed by atoms with Crippen molar-refractivity contribution in [3.05, 3.63) is 48.7 Å². The molecule has 1 N–H and O–H groups in total. The van der Waals surface area contributed by atoms with Crippen LogP contribution in [0.3, 0.4) is 0 Å². The van der Waals surface area contributed by atoms with Crippen LogP contribution in [0.25, 0.3) is 0 Å². The van der Waals surface area contributed by atoms with Crippen molar-refractivity contribution in [1.29, 1.82) is 0 Å². The van der Waals surface area contributed by atoms with Gasteiger partial charge in [0.15, 0.2) is 12.1 Å². The van der Waals surface area contributed by atoms with Gasteiger partial charge in [-0.25, -0.2) is 4.98 Å². The Bertz CT molecular complexity index is 409. The van der Waals surface area contributed by atoms with E-state index >= 15 is 0 Å². The molecule has 0 aliphatic rings. The number of benzene rings is 1. The van der Waals surface area contributed by atoms with Crippen LogP contribution in [0.1, 0.15) is 10.5 Å². The Morgan fingerprint density at radius 3 is 2.71 bits per heavy atom. The number of amides is 1. The summed E-state index contributed by atoms with van der Waals surface area (Å²) in [5, 5.41) is 2.68. The monoisotopic (exact) mass is 188 g/mol. The van der Waals surface area contributed by atoms with Crippen molar-refractivity contribution in [3.8, 4) is 0 Å². The van der Waals surface area contributed by atoms with Crippen LogP contribution in [0.5, 0.6) is 0 Å². The zero-order valence-electron chi connectivity index (χ0n) is 7.31. The molecule has 0 saturated carbocycles. The number of hydrogen-bond acceptors (Lipinski definition) is 3.